The SMILES string of the molecule is CC(C)(C)OC(=O)NCCCn1cc(-c2ccc(OC(F)(F)F)cc2)c2cc(C=O)ccc21.CC(C)(C)OC(=O)NCCCn1cc(-c2ccc(OC(F)(F)F)cc2)c2cc(CN3CCN(Cc4c(Cl)cccc4Cl)CC3)ccc21.Clc1cccc(Cl)c1CN1CCNCC1.NCCCn1cc(-c2ccc(OC(F)(F)F)cc2)c2cc(CN3CCN(Cc4c(Cl)cccc4Cl)CC3)ccc21. The van der Waals surface area contributed by atoms with Gasteiger partial charge in [-0.3, -0.25) is 29.3 Å². The lowest BCUT2D eigenvalue weighted by Gasteiger charge is -2.35. The van der Waals surface area contributed by atoms with Crippen molar-refractivity contribution in [3.63, 3.8) is 0 Å². The number of nitrogens with zero attached hydrogens (tertiary/aromatic N) is 8. The normalized spacial score (nSPS) is 14.6. The van der Waals surface area contributed by atoms with Crippen molar-refractivity contribution in [2.45, 2.75) is 143 Å². The molecule has 0 radical (unpaired) electrons. The van der Waals surface area contributed by atoms with E-state index in [1.165, 1.54) is 54.1 Å². The van der Waals surface area contributed by atoms with Gasteiger partial charge in [0.2, 0.25) is 0 Å². The van der Waals surface area contributed by atoms with Crippen LogP contribution in [0.2, 0.25) is 30.1 Å². The Morgan fingerprint density at radius 2 is 0.674 bits per heavy atom. The van der Waals surface area contributed by atoms with Crippen molar-refractivity contribution < 1.29 is 77.6 Å². The predicted molar refractivity (Wildman–Crippen MR) is 518 cm³/mol. The third-order valence-electron chi connectivity index (χ3n) is 22.5. The topological polar surface area (TPSA) is 190 Å². The first-order valence-electron chi connectivity index (χ1n) is 44.3. The first kappa shape index (κ1) is 104. The zero-order chi connectivity index (χ0) is 96.9. The van der Waals surface area contributed by atoms with Crippen molar-refractivity contribution in [2.75, 3.05) is 98.2 Å². The number of aromatic nitrogens is 3. The summed E-state index contributed by atoms with van der Waals surface area (Å²) in [7, 11) is 0. The molecule has 3 aliphatic rings. The summed E-state index contributed by atoms with van der Waals surface area (Å²) in [6, 6.07) is 52.5. The number of benzene rings is 9. The molecule has 3 saturated heterocycles. The molecule has 20 nitrogen and oxygen atoms in total. The highest BCUT2D eigenvalue weighted by molar-refractivity contribution is 6.37. The molecule has 9 aromatic carbocycles. The monoisotopic (exact) mass is 1990 g/mol. The number of nitrogens with two attached hydrogens (primary N) is 1. The molecule has 135 heavy (non-hydrogen) atoms. The van der Waals surface area contributed by atoms with Gasteiger partial charge in [0, 0.05) is 264 Å². The third-order valence-corrected chi connectivity index (χ3v) is 24.6. The fourth-order valence-corrected chi connectivity index (χ4v) is 17.7. The minimum absolute atomic E-state index is 0.236. The summed E-state index contributed by atoms with van der Waals surface area (Å²) < 4.78 is 142. The molecule has 3 aromatic heterocycles. The van der Waals surface area contributed by atoms with Crippen molar-refractivity contribution in [2.24, 2.45) is 5.73 Å². The van der Waals surface area contributed by atoms with E-state index in [0.717, 1.165) is 217 Å². The first-order chi connectivity index (χ1) is 64.2. The Kier molecular flexibility index (Phi) is 36.5. The van der Waals surface area contributed by atoms with Gasteiger partial charge < -0.3 is 59.1 Å². The fourth-order valence-electron chi connectivity index (χ4n) is 16.1. The summed E-state index contributed by atoms with van der Waals surface area (Å²) in [5, 5.41) is 16.0. The van der Waals surface area contributed by atoms with E-state index in [1.807, 2.05) is 98.4 Å². The van der Waals surface area contributed by atoms with Crippen LogP contribution in [0.15, 0.2) is 201 Å². The quantitative estimate of drug-likeness (QED) is 0.0206. The molecule has 0 saturated carbocycles. The summed E-state index contributed by atoms with van der Waals surface area (Å²) in [4.78, 5) is 47.1. The Hall–Kier alpha value is -9.96. The zero-order valence-electron chi connectivity index (χ0n) is 75.6. The number of aldehydes is 1. The Morgan fingerprint density at radius 1 is 0.385 bits per heavy atom. The third kappa shape index (κ3) is 31.5. The van der Waals surface area contributed by atoms with Crippen molar-refractivity contribution in [3.05, 3.63) is 264 Å². The van der Waals surface area contributed by atoms with Gasteiger partial charge in [0.25, 0.3) is 0 Å². The van der Waals surface area contributed by atoms with E-state index in [4.69, 9.17) is 84.8 Å². The van der Waals surface area contributed by atoms with Crippen LogP contribution in [0, 0.1) is 0 Å². The van der Waals surface area contributed by atoms with E-state index in [-0.39, 0.29) is 17.2 Å². The molecule has 35 heteroatoms. The second-order valence-corrected chi connectivity index (χ2v) is 37.4. The van der Waals surface area contributed by atoms with Crippen LogP contribution in [-0.2, 0) is 61.8 Å². The Bertz CT molecular complexity index is 5890. The molecule has 0 aliphatic carbocycles. The van der Waals surface area contributed by atoms with E-state index in [1.54, 1.807) is 57.2 Å². The van der Waals surface area contributed by atoms with Gasteiger partial charge in [-0.1, -0.05) is 136 Å². The summed E-state index contributed by atoms with van der Waals surface area (Å²) >= 11 is 37.8. The summed E-state index contributed by atoms with van der Waals surface area (Å²) in [6.45, 7) is 29.4. The maximum absolute atomic E-state index is 12.8. The fraction of sp³-hybridized carbons (Fsp3) is 0.370. The lowest BCUT2D eigenvalue weighted by Crippen LogP contribution is -2.45. The van der Waals surface area contributed by atoms with Crippen molar-refractivity contribution in [1.82, 2.24) is 54.2 Å². The molecule has 3 aliphatic heterocycles. The molecule has 0 bridgehead atoms. The molecule has 722 valence electrons. The molecule has 2 amide bonds. The number of alkyl carbamates (subject to hydrolysis) is 2. The van der Waals surface area contributed by atoms with Gasteiger partial charge in [0.1, 0.15) is 34.7 Å². The number of halogens is 15. The number of nitrogens with one attached hydrogen (secondary N) is 3. The van der Waals surface area contributed by atoms with Crippen LogP contribution in [0.5, 0.6) is 17.2 Å². The number of hydrogen-bond acceptors (Lipinski definition) is 15. The van der Waals surface area contributed by atoms with Crippen molar-refractivity contribution in [3.8, 4) is 50.6 Å². The van der Waals surface area contributed by atoms with E-state index in [0.29, 0.717) is 83.3 Å². The number of carbonyl (C=O) groups excluding carboxylic acids is 3. The minimum atomic E-state index is -4.76. The standard InChI is InChI=1S/C35H39Cl2F3N4O3.C30H31Cl2F3N4O.C24H25F3N2O4.C11H14Cl2N2/c1-34(2,3)47-33(45)41-14-5-15-44-23-28(25-9-11-26(12-10-25)46-35(38,39)40)27-20-24(8-13-32(27)44)21-42-16-18-43(19-17-42)22-29-30(36)6-4-7-31(29)37;31-27-3-1-4-28(32)26(27)19-38-15-13-37(14-16-38)18-21-5-10-29-24(17-21)25(20-39(29)12-2-11-36)22-6-8-23(9-7-22)40-30(33,34)35;1-23(2,3)33-22(31)28-11-4-12-29-14-20(19-13-16(15-30)5-10-21(19)29)17-6-8-18(9-7-17)32-24(25,26)27;12-10-2-1-3-11(13)9(10)8-15-6-4-14-5-7-15/h4,6-13,20,23H,5,14-19,21-22H2,1-3H3,(H,41,45);1,3-10,17,20H,2,11-16,18-19,36H2;5-10,13-15H,4,11-12H2,1-3H3,(H,28,31);1-3,14H,4-8H2. The van der Waals surface area contributed by atoms with Gasteiger partial charge in [-0.25, -0.2) is 9.59 Å². The zero-order valence-corrected chi connectivity index (χ0v) is 80.1. The molecule has 12 aromatic rings. The second kappa shape index (κ2) is 47.4. The molecule has 5 N–H and O–H groups in total. The number of piperazine rings is 3. The van der Waals surface area contributed by atoms with E-state index in [9.17, 15) is 53.9 Å². The number of ether oxygens (including phenoxy) is 5. The van der Waals surface area contributed by atoms with Crippen LogP contribution in [0.1, 0.15) is 99.0 Å². The minimum Gasteiger partial charge on any atom is -0.444 e. The first-order valence-corrected chi connectivity index (χ1v) is 46.6. The average molecular weight is 1990 g/mol. The lowest BCUT2D eigenvalue weighted by molar-refractivity contribution is -0.275. The summed E-state index contributed by atoms with van der Waals surface area (Å²) in [6.07, 6.45) is -6.39. The molecule has 0 atom stereocenters. The Morgan fingerprint density at radius 3 is 0.970 bits per heavy atom. The maximum atomic E-state index is 12.8. The Labute approximate surface area is 809 Å². The highest BCUT2D eigenvalue weighted by Gasteiger charge is 2.34. The van der Waals surface area contributed by atoms with Gasteiger partial charge in [0.15, 0.2) is 0 Å². The number of carbonyl (C=O) groups is 3. The summed E-state index contributed by atoms with van der Waals surface area (Å²) in [5.74, 6) is -0.814. The van der Waals surface area contributed by atoms with Crippen LogP contribution < -0.4 is 35.9 Å². The highest BCUT2D eigenvalue weighted by Crippen LogP contribution is 2.40. The Balaban J connectivity index is 0.000000171. The van der Waals surface area contributed by atoms with Crippen LogP contribution in [0.3, 0.4) is 0 Å². The summed E-state index contributed by atoms with van der Waals surface area (Å²) in [5.41, 5.74) is 18.3. The largest absolute Gasteiger partial charge is 0.573 e. The number of amides is 2. The molecule has 0 unspecified atom stereocenters. The number of aryl methyl sites for hydroxylation is 3. The van der Waals surface area contributed by atoms with Crippen LogP contribution in [0.4, 0.5) is 49.1 Å². The smallest absolute Gasteiger partial charge is 0.444 e. The molecule has 0 spiro atoms. The van der Waals surface area contributed by atoms with Crippen molar-refractivity contribution in [1.29, 1.82) is 0 Å². The highest BCUT2D eigenvalue weighted by atomic mass is 35.5. The molecular formula is C100H109Cl6F9N12O8. The van der Waals surface area contributed by atoms with Gasteiger partial charge in [-0.2, -0.15) is 0 Å². The van der Waals surface area contributed by atoms with Crippen LogP contribution in [0.25, 0.3) is 66.1 Å². The maximum Gasteiger partial charge on any atom is 0.573 e. The van der Waals surface area contributed by atoms with Gasteiger partial charge in [-0.15, -0.1) is 39.5 Å². The predicted octanol–water partition coefficient (Wildman–Crippen LogP) is 24.3. The van der Waals surface area contributed by atoms with Gasteiger partial charge >= 0.3 is 31.3 Å². The number of alkyl halides is 9. The molecule has 15 rings (SSSR count). The van der Waals surface area contributed by atoms with E-state index < -0.39 is 42.5 Å². The lowest BCUT2D eigenvalue weighted by atomic mass is 10.0. The number of hydrogen-bond donors (Lipinski definition) is 4. The van der Waals surface area contributed by atoms with Crippen LogP contribution in [-0.4, -0.2) is 185 Å². The van der Waals surface area contributed by atoms with Gasteiger partial charge in [0.05, 0.1) is 0 Å². The van der Waals surface area contributed by atoms with Crippen molar-refractivity contribution >= 4 is 121 Å². The number of rotatable bonds is 28. The van der Waals surface area contributed by atoms with E-state index >= 15 is 0 Å². The second-order valence-electron chi connectivity index (χ2n) is 35.0. The molecule has 6 heterocycles. The molecular weight excluding hydrogens is 1880 g/mol. The molecule has 3 fully saturated rings. The average Bonchev–Trinajstić information content (AvgIpc) is 1.63. The van der Waals surface area contributed by atoms with E-state index in [2.05, 4.69) is 106 Å². The number of fused-ring (bicyclic) bond motifs is 3. The van der Waals surface area contributed by atoms with Crippen LogP contribution >= 0.6 is 69.6 Å². The van der Waals surface area contributed by atoms with Gasteiger partial charge in [-0.05, 0) is 210 Å².